The van der Waals surface area contributed by atoms with Crippen LogP contribution in [0.4, 0.5) is 5.69 Å². The number of rotatable bonds is 10. The van der Waals surface area contributed by atoms with Gasteiger partial charge in [-0.15, -0.1) is 0 Å². The van der Waals surface area contributed by atoms with E-state index in [2.05, 4.69) is 9.97 Å². The molecule has 0 bridgehead atoms. The van der Waals surface area contributed by atoms with Gasteiger partial charge in [0.05, 0.1) is 52.5 Å². The van der Waals surface area contributed by atoms with Crippen LogP contribution in [-0.4, -0.2) is 46.3 Å². The van der Waals surface area contributed by atoms with Crippen molar-refractivity contribution in [1.29, 1.82) is 0 Å². The van der Waals surface area contributed by atoms with E-state index in [1.807, 2.05) is 50.2 Å². The van der Waals surface area contributed by atoms with Gasteiger partial charge in [-0.1, -0.05) is 53.8 Å². The lowest BCUT2D eigenvalue weighted by Gasteiger charge is -2.26. The molecule has 254 valence electrons. The Balaban J connectivity index is 1.55. The number of hydrogen-bond acceptors (Lipinski definition) is 12. The van der Waals surface area contributed by atoms with Crippen LogP contribution >= 0.6 is 23.1 Å². The molecule has 6 rings (SSSR count). The van der Waals surface area contributed by atoms with Crippen molar-refractivity contribution >= 4 is 46.5 Å². The lowest BCUT2D eigenvalue weighted by molar-refractivity contribution is -0.387. The number of benzene rings is 3. The predicted molar refractivity (Wildman–Crippen MR) is 189 cm³/mol. The maximum absolute atomic E-state index is 14.3. The summed E-state index contributed by atoms with van der Waals surface area (Å²) >= 11 is 2.21. The molecule has 12 nitrogen and oxygen atoms in total. The SMILES string of the molecule is CCOC(=O)C1=C(c2ccccc2)N=c2s/c(=C/c3ccc(Sc4nc(C)cc(C)n4)c([N+](=O)[O-])c3)c(=O)n2[C@H]1c1ccc(OC)c(OC)c1. The van der Waals surface area contributed by atoms with Crippen molar-refractivity contribution in [2.45, 2.75) is 36.9 Å². The number of esters is 1. The third-order valence-electron chi connectivity index (χ3n) is 7.74. The highest BCUT2D eigenvalue weighted by atomic mass is 32.2. The Kier molecular flexibility index (Phi) is 9.93. The smallest absolute Gasteiger partial charge is 0.338 e. The average molecular weight is 710 g/mol. The Morgan fingerprint density at radius 2 is 1.72 bits per heavy atom. The number of methoxy groups -OCH3 is 2. The van der Waals surface area contributed by atoms with Gasteiger partial charge in [-0.25, -0.2) is 19.8 Å². The summed E-state index contributed by atoms with van der Waals surface area (Å²) in [7, 11) is 3.02. The molecule has 2 aromatic heterocycles. The number of aromatic nitrogens is 3. The molecule has 0 radical (unpaired) electrons. The Hall–Kier alpha value is -5.60. The van der Waals surface area contributed by atoms with E-state index in [4.69, 9.17) is 19.2 Å². The second-order valence-electron chi connectivity index (χ2n) is 11.1. The fraction of sp³-hybridized carbons (Fsp3) is 0.194. The van der Waals surface area contributed by atoms with Crippen LogP contribution < -0.4 is 24.4 Å². The molecule has 5 aromatic rings. The fourth-order valence-electron chi connectivity index (χ4n) is 5.62. The molecule has 0 spiro atoms. The Labute approximate surface area is 294 Å². The van der Waals surface area contributed by atoms with Gasteiger partial charge in [-0.05, 0) is 74.0 Å². The topological polar surface area (TPSA) is 148 Å². The minimum absolute atomic E-state index is 0.107. The zero-order chi connectivity index (χ0) is 35.5. The minimum Gasteiger partial charge on any atom is -0.493 e. The number of nitrogens with zero attached hydrogens (tertiary/aromatic N) is 5. The molecule has 0 amide bonds. The zero-order valence-electron chi connectivity index (χ0n) is 27.7. The third kappa shape index (κ3) is 6.80. The molecule has 1 aliphatic heterocycles. The summed E-state index contributed by atoms with van der Waals surface area (Å²) in [6.45, 7) is 5.48. The first kappa shape index (κ1) is 34.3. The molecule has 0 saturated heterocycles. The van der Waals surface area contributed by atoms with Gasteiger partial charge >= 0.3 is 5.97 Å². The number of nitro benzene ring substituents is 1. The number of carbonyl (C=O) groups excluding carboxylic acids is 1. The van der Waals surface area contributed by atoms with Gasteiger partial charge in [0, 0.05) is 23.0 Å². The van der Waals surface area contributed by atoms with E-state index < -0.39 is 22.5 Å². The molecule has 1 aliphatic rings. The monoisotopic (exact) mass is 709 g/mol. The normalized spacial score (nSPS) is 14.2. The third-order valence-corrected chi connectivity index (χ3v) is 9.65. The lowest BCUT2D eigenvalue weighted by Crippen LogP contribution is -2.40. The molecule has 0 fully saturated rings. The summed E-state index contributed by atoms with van der Waals surface area (Å²) < 4.78 is 18.3. The van der Waals surface area contributed by atoms with Crippen molar-refractivity contribution in [1.82, 2.24) is 14.5 Å². The zero-order valence-corrected chi connectivity index (χ0v) is 29.3. The summed E-state index contributed by atoms with van der Waals surface area (Å²) in [6.07, 6.45) is 1.58. The summed E-state index contributed by atoms with van der Waals surface area (Å²) in [4.78, 5) is 54.2. The van der Waals surface area contributed by atoms with E-state index in [0.29, 0.717) is 48.7 Å². The Morgan fingerprint density at radius 1 is 1.00 bits per heavy atom. The largest absolute Gasteiger partial charge is 0.493 e. The maximum Gasteiger partial charge on any atom is 0.338 e. The number of thiazole rings is 1. The molecule has 14 heteroatoms. The van der Waals surface area contributed by atoms with Gasteiger partial charge in [-0.2, -0.15) is 0 Å². The van der Waals surface area contributed by atoms with Gasteiger partial charge < -0.3 is 14.2 Å². The highest BCUT2D eigenvalue weighted by Gasteiger charge is 2.35. The second-order valence-corrected chi connectivity index (χ2v) is 13.1. The molecular weight excluding hydrogens is 679 g/mol. The second kappa shape index (κ2) is 14.5. The van der Waals surface area contributed by atoms with E-state index in [1.165, 1.54) is 24.9 Å². The van der Waals surface area contributed by atoms with Gasteiger partial charge in [-0.3, -0.25) is 19.5 Å². The standard InChI is InChI=1S/C36H31N5O7S2/c1-6-48-34(43)30-31(23-10-8-7-9-11-23)39-36-40(32(30)24-13-14-26(46-4)27(19-24)47-5)33(42)29(50-36)18-22-12-15-28(25(17-22)41(44)45)49-35-37-20(2)16-21(3)38-35/h7-19,32H,6H2,1-5H3/b29-18+/t32-/m0/s1. The van der Waals surface area contributed by atoms with Crippen LogP contribution in [0.5, 0.6) is 11.5 Å². The van der Waals surface area contributed by atoms with E-state index in [9.17, 15) is 19.7 Å². The van der Waals surface area contributed by atoms with E-state index in [-0.39, 0.29) is 22.4 Å². The van der Waals surface area contributed by atoms with Crippen LogP contribution in [0.2, 0.25) is 0 Å². The van der Waals surface area contributed by atoms with Crippen LogP contribution in [0.3, 0.4) is 0 Å². The maximum atomic E-state index is 14.3. The van der Waals surface area contributed by atoms with Crippen LogP contribution in [0.25, 0.3) is 11.8 Å². The Morgan fingerprint density at radius 3 is 2.38 bits per heavy atom. The van der Waals surface area contributed by atoms with Crippen LogP contribution in [0, 0.1) is 24.0 Å². The number of fused-ring (bicyclic) bond motifs is 1. The van der Waals surface area contributed by atoms with Crippen molar-refractivity contribution in [3.8, 4) is 11.5 Å². The first-order valence-corrected chi connectivity index (χ1v) is 17.0. The molecule has 3 heterocycles. The fourth-order valence-corrected chi connectivity index (χ4v) is 7.57. The molecule has 1 atom stereocenters. The van der Waals surface area contributed by atoms with Crippen molar-refractivity contribution in [2.24, 2.45) is 4.99 Å². The number of carbonyl (C=O) groups is 1. The summed E-state index contributed by atoms with van der Waals surface area (Å²) in [5.74, 6) is 0.256. The van der Waals surface area contributed by atoms with E-state index in [1.54, 1.807) is 43.3 Å². The molecule has 0 unspecified atom stereocenters. The molecule has 50 heavy (non-hydrogen) atoms. The van der Waals surface area contributed by atoms with Crippen LogP contribution in [0.1, 0.15) is 41.0 Å². The number of nitro groups is 1. The van der Waals surface area contributed by atoms with E-state index >= 15 is 0 Å². The number of ether oxygens (including phenoxy) is 3. The van der Waals surface area contributed by atoms with Gasteiger partial charge in [0.1, 0.15) is 0 Å². The highest BCUT2D eigenvalue weighted by Crippen LogP contribution is 2.39. The van der Waals surface area contributed by atoms with Crippen LogP contribution in [-0.2, 0) is 9.53 Å². The molecule has 3 aromatic carbocycles. The summed E-state index contributed by atoms with van der Waals surface area (Å²) in [5, 5.41) is 12.6. The van der Waals surface area contributed by atoms with Crippen LogP contribution in [0.15, 0.2) is 98.2 Å². The first-order valence-electron chi connectivity index (χ1n) is 15.4. The summed E-state index contributed by atoms with van der Waals surface area (Å²) in [6, 6.07) is 20.0. The Bertz CT molecular complexity index is 2330. The van der Waals surface area contributed by atoms with Gasteiger partial charge in [0.2, 0.25) is 0 Å². The number of hydrogen-bond donors (Lipinski definition) is 0. The average Bonchev–Trinajstić information content (AvgIpc) is 3.41. The first-order chi connectivity index (χ1) is 24.1. The van der Waals surface area contributed by atoms with E-state index in [0.717, 1.165) is 34.5 Å². The molecule has 0 aliphatic carbocycles. The summed E-state index contributed by atoms with van der Waals surface area (Å²) in [5.41, 5.74) is 3.11. The lowest BCUT2D eigenvalue weighted by atomic mass is 9.93. The predicted octanol–water partition coefficient (Wildman–Crippen LogP) is 5.42. The molecule has 0 N–H and O–H groups in total. The van der Waals surface area contributed by atoms with Crippen molar-refractivity contribution in [3.63, 3.8) is 0 Å². The van der Waals surface area contributed by atoms with Gasteiger partial charge in [0.15, 0.2) is 21.5 Å². The highest BCUT2D eigenvalue weighted by molar-refractivity contribution is 7.99. The quantitative estimate of drug-likeness (QED) is 0.0797. The number of aryl methyl sites for hydroxylation is 2. The van der Waals surface area contributed by atoms with Gasteiger partial charge in [0.25, 0.3) is 11.2 Å². The molecule has 0 saturated carbocycles. The van der Waals surface area contributed by atoms with Crippen molar-refractivity contribution in [2.75, 3.05) is 20.8 Å². The van der Waals surface area contributed by atoms with Crippen molar-refractivity contribution < 1.29 is 23.9 Å². The van der Waals surface area contributed by atoms with Crippen molar-refractivity contribution in [3.05, 3.63) is 136 Å². The molecular formula is C36H31N5O7S2. The minimum atomic E-state index is -0.951.